The lowest BCUT2D eigenvalue weighted by Crippen LogP contribution is -2.27. The van der Waals surface area contributed by atoms with Crippen molar-refractivity contribution >= 4 is 10.1 Å². The van der Waals surface area contributed by atoms with Crippen molar-refractivity contribution in [2.75, 3.05) is 0 Å². The van der Waals surface area contributed by atoms with Crippen molar-refractivity contribution in [3.05, 3.63) is 0 Å². The Morgan fingerprint density at radius 2 is 1.67 bits per heavy atom. The van der Waals surface area contributed by atoms with Crippen molar-refractivity contribution in [2.45, 2.75) is 64.1 Å². The van der Waals surface area contributed by atoms with Gasteiger partial charge in [0, 0.05) is 6.42 Å². The van der Waals surface area contributed by atoms with Crippen LogP contribution >= 0.6 is 0 Å². The molecule has 90 valence electrons. The first-order chi connectivity index (χ1) is 7.17. The van der Waals surface area contributed by atoms with Gasteiger partial charge in [0.15, 0.2) is 0 Å². The highest BCUT2D eigenvalue weighted by molar-refractivity contribution is 7.87. The molecule has 4 atom stereocenters. The van der Waals surface area contributed by atoms with Crippen LogP contribution in [-0.4, -0.2) is 32.0 Å². The van der Waals surface area contributed by atoms with Crippen molar-refractivity contribution in [2.24, 2.45) is 0 Å². The second kappa shape index (κ2) is 4.80. The van der Waals surface area contributed by atoms with Gasteiger partial charge in [-0.3, -0.25) is 4.18 Å². The molecule has 15 heavy (non-hydrogen) atoms. The Hall–Kier alpha value is -0.130. The van der Waals surface area contributed by atoms with Gasteiger partial charge in [0.1, 0.15) is 17.5 Å². The maximum atomic E-state index is 11.2. The van der Waals surface area contributed by atoms with Crippen LogP contribution in [0.25, 0.3) is 0 Å². The summed E-state index contributed by atoms with van der Waals surface area (Å²) in [4.78, 5) is 0. The van der Waals surface area contributed by atoms with Crippen LogP contribution < -0.4 is 0 Å². The van der Waals surface area contributed by atoms with Gasteiger partial charge in [0.25, 0.3) is 10.1 Å². The standard InChI is InChI=1S/C6H8O4S.2C2H6/c7-11(8)5-2-3-1-4(10-11)6(5)9-3;2*1-2/h3-6H,1-2H2;2*1-2H3. The molecule has 0 spiro atoms. The van der Waals surface area contributed by atoms with Crippen molar-refractivity contribution < 1.29 is 17.3 Å². The van der Waals surface area contributed by atoms with Crippen LogP contribution in [0.2, 0.25) is 0 Å². The predicted molar refractivity (Wildman–Crippen MR) is 58.2 cm³/mol. The third-order valence-corrected chi connectivity index (χ3v) is 4.42. The molecule has 3 saturated heterocycles. The Morgan fingerprint density at radius 1 is 1.07 bits per heavy atom. The summed E-state index contributed by atoms with van der Waals surface area (Å²) >= 11 is 0. The first-order valence-electron chi connectivity index (χ1n) is 5.74. The van der Waals surface area contributed by atoms with Crippen molar-refractivity contribution in [3.63, 3.8) is 0 Å². The lowest BCUT2D eigenvalue weighted by molar-refractivity contribution is 0.0838. The molecule has 0 amide bonds. The quantitative estimate of drug-likeness (QED) is 0.601. The molecule has 3 heterocycles. The van der Waals surface area contributed by atoms with Gasteiger partial charge in [-0.2, -0.15) is 8.42 Å². The van der Waals surface area contributed by atoms with E-state index in [2.05, 4.69) is 0 Å². The molecule has 0 aliphatic carbocycles. The van der Waals surface area contributed by atoms with Crippen LogP contribution in [0.5, 0.6) is 0 Å². The molecule has 3 rings (SSSR count). The minimum absolute atomic E-state index is 0.146. The van der Waals surface area contributed by atoms with Crippen molar-refractivity contribution in [1.82, 2.24) is 0 Å². The van der Waals surface area contributed by atoms with Crippen LogP contribution in [0, 0.1) is 0 Å². The lowest BCUT2D eigenvalue weighted by atomic mass is 9.98. The minimum Gasteiger partial charge on any atom is -0.371 e. The Morgan fingerprint density at radius 3 is 2.07 bits per heavy atom. The predicted octanol–water partition coefficient (Wildman–Crippen LogP) is 1.70. The van der Waals surface area contributed by atoms with Crippen LogP contribution in [0.1, 0.15) is 40.5 Å². The molecule has 0 N–H and O–H groups in total. The summed E-state index contributed by atoms with van der Waals surface area (Å²) in [5.74, 6) is 0. The normalized spacial score (nSPS) is 42.7. The summed E-state index contributed by atoms with van der Waals surface area (Å²) in [6.07, 6.45) is 1.24. The second-order valence-electron chi connectivity index (χ2n) is 3.36. The lowest BCUT2D eigenvalue weighted by Gasteiger charge is -2.06. The fourth-order valence-corrected chi connectivity index (χ4v) is 3.94. The van der Waals surface area contributed by atoms with Crippen molar-refractivity contribution in [1.29, 1.82) is 0 Å². The van der Waals surface area contributed by atoms with E-state index in [1.54, 1.807) is 0 Å². The molecule has 0 aromatic carbocycles. The fourth-order valence-electron chi connectivity index (χ4n) is 2.25. The molecule has 0 saturated carbocycles. The zero-order valence-corrected chi connectivity index (χ0v) is 10.6. The highest BCUT2D eigenvalue weighted by atomic mass is 32.2. The molecule has 0 radical (unpaired) electrons. The van der Waals surface area contributed by atoms with Crippen LogP contribution in [0.15, 0.2) is 0 Å². The Kier molecular flexibility index (Phi) is 4.14. The SMILES string of the molecule is CC.CC.O=S1(=O)OC2CC3CC1C2O3. The molecule has 4 nitrogen and oxygen atoms in total. The maximum absolute atomic E-state index is 11.2. The third kappa shape index (κ3) is 2.05. The Bertz CT molecular complexity index is 297. The average Bonchev–Trinajstić information content (AvgIpc) is 2.84. The summed E-state index contributed by atoms with van der Waals surface area (Å²) in [6.45, 7) is 8.00. The van der Waals surface area contributed by atoms with Gasteiger partial charge in [-0.25, -0.2) is 0 Å². The molecule has 5 heteroatoms. The molecule has 3 aliphatic rings. The van der Waals surface area contributed by atoms with Crippen LogP contribution in [0.4, 0.5) is 0 Å². The number of rotatable bonds is 0. The van der Waals surface area contributed by atoms with E-state index in [-0.39, 0.29) is 23.6 Å². The van der Waals surface area contributed by atoms with Crippen LogP contribution in [-0.2, 0) is 19.0 Å². The highest BCUT2D eigenvalue weighted by Gasteiger charge is 2.60. The summed E-state index contributed by atoms with van der Waals surface area (Å²) < 4.78 is 32.6. The number of ether oxygens (including phenoxy) is 1. The molecule has 2 bridgehead atoms. The molecular formula is C10H20O4S. The number of hydrogen-bond donors (Lipinski definition) is 0. The van der Waals surface area contributed by atoms with E-state index in [1.807, 2.05) is 27.7 Å². The summed E-state index contributed by atoms with van der Waals surface area (Å²) in [5.41, 5.74) is 0. The van der Waals surface area contributed by atoms with Gasteiger partial charge in [0.2, 0.25) is 0 Å². The average molecular weight is 236 g/mol. The minimum atomic E-state index is -3.26. The van der Waals surface area contributed by atoms with Crippen LogP contribution in [0.3, 0.4) is 0 Å². The van der Waals surface area contributed by atoms with E-state index < -0.39 is 10.1 Å². The molecule has 0 aromatic rings. The van der Waals surface area contributed by atoms with Gasteiger partial charge in [-0.15, -0.1) is 0 Å². The van der Waals surface area contributed by atoms with Gasteiger partial charge in [-0.1, -0.05) is 27.7 Å². The fraction of sp³-hybridized carbons (Fsp3) is 1.00. The number of hydrogen-bond acceptors (Lipinski definition) is 4. The van der Waals surface area contributed by atoms with Gasteiger partial charge < -0.3 is 4.74 Å². The maximum Gasteiger partial charge on any atom is 0.273 e. The van der Waals surface area contributed by atoms with E-state index >= 15 is 0 Å². The Labute approximate surface area is 92.1 Å². The van der Waals surface area contributed by atoms with E-state index in [4.69, 9.17) is 8.92 Å². The van der Waals surface area contributed by atoms with Gasteiger partial charge in [-0.05, 0) is 6.42 Å². The van der Waals surface area contributed by atoms with Gasteiger partial charge >= 0.3 is 0 Å². The first kappa shape index (κ1) is 12.9. The highest BCUT2D eigenvalue weighted by Crippen LogP contribution is 2.46. The Balaban J connectivity index is 0.000000255. The molecular weight excluding hydrogens is 216 g/mol. The van der Waals surface area contributed by atoms with E-state index in [1.165, 1.54) is 0 Å². The van der Waals surface area contributed by atoms with E-state index in [0.717, 1.165) is 6.42 Å². The van der Waals surface area contributed by atoms with E-state index in [9.17, 15) is 8.42 Å². The van der Waals surface area contributed by atoms with E-state index in [0.29, 0.717) is 6.42 Å². The number of fused-ring (bicyclic) bond motifs is 1. The third-order valence-electron chi connectivity index (χ3n) is 2.70. The summed E-state index contributed by atoms with van der Waals surface area (Å²) in [6, 6.07) is 0. The van der Waals surface area contributed by atoms with Gasteiger partial charge in [0.05, 0.1) is 6.10 Å². The monoisotopic (exact) mass is 236 g/mol. The molecule has 3 aliphatic heterocycles. The zero-order valence-electron chi connectivity index (χ0n) is 9.76. The topological polar surface area (TPSA) is 52.6 Å². The largest absolute Gasteiger partial charge is 0.371 e. The van der Waals surface area contributed by atoms with Crippen molar-refractivity contribution in [3.8, 4) is 0 Å². The molecule has 4 unspecified atom stereocenters. The second-order valence-corrected chi connectivity index (χ2v) is 5.14. The molecule has 0 aromatic heterocycles. The first-order valence-corrected chi connectivity index (χ1v) is 7.21. The smallest absolute Gasteiger partial charge is 0.273 e. The summed E-state index contributed by atoms with van der Waals surface area (Å²) in [7, 11) is -3.26. The zero-order chi connectivity index (χ0) is 11.6. The molecule has 3 fully saturated rings. The summed E-state index contributed by atoms with van der Waals surface area (Å²) in [5, 5.41) is -0.355.